The van der Waals surface area contributed by atoms with Crippen molar-refractivity contribution in [1.82, 2.24) is 9.61 Å². The van der Waals surface area contributed by atoms with Gasteiger partial charge in [-0.25, -0.2) is 9.31 Å². The van der Waals surface area contributed by atoms with E-state index in [2.05, 4.69) is 5.10 Å². The van der Waals surface area contributed by atoms with Gasteiger partial charge < -0.3 is 15.2 Å². The molecule has 0 radical (unpaired) electrons. The largest absolute Gasteiger partial charge is 0.465 e. The lowest BCUT2D eigenvalue weighted by Crippen LogP contribution is -2.00. The molecule has 2 aromatic heterocycles. The van der Waals surface area contributed by atoms with Gasteiger partial charge in [-0.05, 0) is 30.3 Å². The minimum absolute atomic E-state index is 0.388. The van der Waals surface area contributed by atoms with E-state index in [0.717, 1.165) is 0 Å². The van der Waals surface area contributed by atoms with Crippen molar-refractivity contribution in [3.63, 3.8) is 0 Å². The van der Waals surface area contributed by atoms with Gasteiger partial charge in [0.25, 0.3) is 0 Å². The average molecular weight is 318 g/mol. The Labute approximate surface area is 131 Å². The van der Waals surface area contributed by atoms with Gasteiger partial charge in [0.1, 0.15) is 17.1 Å². The molecule has 22 heavy (non-hydrogen) atoms. The molecule has 3 rings (SSSR count). The summed E-state index contributed by atoms with van der Waals surface area (Å²) in [6, 6.07) is 8.43. The fourth-order valence-electron chi connectivity index (χ4n) is 2.02. The first kappa shape index (κ1) is 14.2. The van der Waals surface area contributed by atoms with Crippen molar-refractivity contribution in [2.45, 2.75) is 0 Å². The number of anilines is 1. The summed E-state index contributed by atoms with van der Waals surface area (Å²) in [6.45, 7) is 0. The third kappa shape index (κ3) is 2.56. The first-order chi connectivity index (χ1) is 10.6. The van der Waals surface area contributed by atoms with Crippen molar-refractivity contribution in [2.24, 2.45) is 0 Å². The molecule has 0 aliphatic heterocycles. The normalized spacial score (nSPS) is 10.6. The van der Waals surface area contributed by atoms with Crippen LogP contribution in [-0.2, 0) is 4.74 Å². The second kappa shape index (κ2) is 5.57. The molecule has 0 aliphatic rings. The predicted octanol–water partition coefficient (Wildman–Crippen LogP) is 3.15. The number of nitrogens with zero attached hydrogens (tertiary/aromatic N) is 2. The van der Waals surface area contributed by atoms with E-state index in [0.29, 0.717) is 33.3 Å². The molecule has 0 bridgehead atoms. The van der Waals surface area contributed by atoms with Crippen LogP contribution in [0.3, 0.4) is 0 Å². The fourth-order valence-corrected chi connectivity index (χ4v) is 2.25. The smallest absolute Gasteiger partial charge is 0.341 e. The van der Waals surface area contributed by atoms with Crippen molar-refractivity contribution >= 4 is 28.8 Å². The Morgan fingerprint density at radius 3 is 2.86 bits per heavy atom. The van der Waals surface area contributed by atoms with E-state index in [1.54, 1.807) is 36.5 Å². The van der Waals surface area contributed by atoms with Crippen molar-refractivity contribution in [3.8, 4) is 11.5 Å². The highest BCUT2D eigenvalue weighted by Gasteiger charge is 2.13. The highest BCUT2D eigenvalue weighted by molar-refractivity contribution is 6.32. The molecule has 7 heteroatoms. The maximum absolute atomic E-state index is 11.6. The summed E-state index contributed by atoms with van der Waals surface area (Å²) >= 11 is 6.07. The van der Waals surface area contributed by atoms with Crippen molar-refractivity contribution in [3.05, 3.63) is 53.3 Å². The molecule has 2 N–H and O–H groups in total. The van der Waals surface area contributed by atoms with Crippen LogP contribution < -0.4 is 10.5 Å². The molecule has 0 unspecified atom stereocenters. The summed E-state index contributed by atoms with van der Waals surface area (Å²) in [5.41, 5.74) is 7.22. The molecular formula is C15H12ClN3O3. The SMILES string of the molecule is COC(=O)c1cnn2cc(Oc3ccc(N)cc3Cl)ccc12. The monoisotopic (exact) mass is 317 g/mol. The Hall–Kier alpha value is -2.73. The van der Waals surface area contributed by atoms with Gasteiger partial charge in [-0.2, -0.15) is 5.10 Å². The Morgan fingerprint density at radius 2 is 2.14 bits per heavy atom. The Kier molecular flexibility index (Phi) is 3.60. The zero-order valence-corrected chi connectivity index (χ0v) is 12.4. The Balaban J connectivity index is 1.94. The highest BCUT2D eigenvalue weighted by Crippen LogP contribution is 2.31. The molecule has 0 spiro atoms. The summed E-state index contributed by atoms with van der Waals surface area (Å²) in [5, 5.41) is 4.52. The van der Waals surface area contributed by atoms with Gasteiger partial charge in [0, 0.05) is 5.69 Å². The summed E-state index contributed by atoms with van der Waals surface area (Å²) in [4.78, 5) is 11.6. The average Bonchev–Trinajstić information content (AvgIpc) is 2.92. The number of esters is 1. The van der Waals surface area contributed by atoms with Gasteiger partial charge in [-0.3, -0.25) is 0 Å². The van der Waals surface area contributed by atoms with Crippen LogP contribution >= 0.6 is 11.6 Å². The molecular weight excluding hydrogens is 306 g/mol. The lowest BCUT2D eigenvalue weighted by atomic mass is 10.2. The topological polar surface area (TPSA) is 78.8 Å². The molecule has 3 aromatic rings. The zero-order valence-electron chi connectivity index (χ0n) is 11.6. The Bertz CT molecular complexity index is 860. The van der Waals surface area contributed by atoms with Gasteiger partial charge in [0.05, 0.1) is 30.0 Å². The van der Waals surface area contributed by atoms with E-state index < -0.39 is 5.97 Å². The van der Waals surface area contributed by atoms with Crippen LogP contribution in [0.5, 0.6) is 11.5 Å². The second-order valence-corrected chi connectivity index (χ2v) is 4.94. The number of ether oxygens (including phenoxy) is 2. The van der Waals surface area contributed by atoms with Crippen LogP contribution in [0.25, 0.3) is 5.52 Å². The number of hydrogen-bond donors (Lipinski definition) is 1. The van der Waals surface area contributed by atoms with E-state index in [1.165, 1.54) is 17.8 Å². The summed E-state index contributed by atoms with van der Waals surface area (Å²) < 4.78 is 11.9. The van der Waals surface area contributed by atoms with E-state index >= 15 is 0 Å². The van der Waals surface area contributed by atoms with E-state index in [1.807, 2.05) is 0 Å². The first-order valence-electron chi connectivity index (χ1n) is 6.37. The number of rotatable bonds is 3. The summed E-state index contributed by atoms with van der Waals surface area (Å²) in [6.07, 6.45) is 3.09. The van der Waals surface area contributed by atoms with Gasteiger partial charge in [0.15, 0.2) is 0 Å². The molecule has 112 valence electrons. The number of aromatic nitrogens is 2. The number of pyridine rings is 1. The quantitative estimate of drug-likeness (QED) is 0.593. The minimum atomic E-state index is -0.440. The van der Waals surface area contributed by atoms with Gasteiger partial charge >= 0.3 is 5.97 Å². The summed E-state index contributed by atoms with van der Waals surface area (Å²) in [5.74, 6) is 0.569. The second-order valence-electron chi connectivity index (χ2n) is 4.54. The maximum atomic E-state index is 11.6. The van der Waals surface area contributed by atoms with Crippen molar-refractivity contribution in [1.29, 1.82) is 0 Å². The zero-order chi connectivity index (χ0) is 15.7. The molecule has 2 heterocycles. The lowest BCUT2D eigenvalue weighted by molar-refractivity contribution is 0.0603. The van der Waals surface area contributed by atoms with E-state index in [9.17, 15) is 4.79 Å². The fraction of sp³-hybridized carbons (Fsp3) is 0.0667. The molecule has 0 saturated heterocycles. The molecule has 0 amide bonds. The van der Waals surface area contributed by atoms with E-state index in [-0.39, 0.29) is 0 Å². The third-order valence-electron chi connectivity index (χ3n) is 3.08. The van der Waals surface area contributed by atoms with Gasteiger partial charge in [0.2, 0.25) is 0 Å². The Morgan fingerprint density at radius 1 is 1.32 bits per heavy atom. The number of carbonyl (C=O) groups excluding carboxylic acids is 1. The minimum Gasteiger partial charge on any atom is -0.465 e. The van der Waals surface area contributed by atoms with Crippen molar-refractivity contribution in [2.75, 3.05) is 12.8 Å². The van der Waals surface area contributed by atoms with Crippen LogP contribution in [-0.4, -0.2) is 22.7 Å². The molecule has 0 saturated carbocycles. The summed E-state index contributed by atoms with van der Waals surface area (Å²) in [7, 11) is 1.33. The number of carbonyl (C=O) groups is 1. The van der Waals surface area contributed by atoms with Gasteiger partial charge in [-0.1, -0.05) is 11.6 Å². The van der Waals surface area contributed by atoms with Crippen LogP contribution in [0.1, 0.15) is 10.4 Å². The molecule has 0 atom stereocenters. The van der Waals surface area contributed by atoms with Crippen molar-refractivity contribution < 1.29 is 14.3 Å². The predicted molar refractivity (Wildman–Crippen MR) is 82.5 cm³/mol. The highest BCUT2D eigenvalue weighted by atomic mass is 35.5. The molecule has 1 aromatic carbocycles. The number of nitrogen functional groups attached to an aromatic ring is 1. The number of hydrogen-bond acceptors (Lipinski definition) is 5. The van der Waals surface area contributed by atoms with Gasteiger partial charge in [-0.15, -0.1) is 0 Å². The lowest BCUT2D eigenvalue weighted by Gasteiger charge is -2.08. The number of methoxy groups -OCH3 is 1. The molecule has 6 nitrogen and oxygen atoms in total. The van der Waals surface area contributed by atoms with E-state index in [4.69, 9.17) is 26.8 Å². The van der Waals surface area contributed by atoms with Crippen LogP contribution in [0, 0.1) is 0 Å². The standard InChI is InChI=1S/C15H12ClN3O3/c1-21-15(20)11-7-18-19-8-10(3-4-13(11)19)22-14-5-2-9(17)6-12(14)16/h2-8H,17H2,1H3. The van der Waals surface area contributed by atoms with Crippen LogP contribution in [0.2, 0.25) is 5.02 Å². The molecule has 0 fully saturated rings. The number of nitrogens with two attached hydrogens (primary N) is 1. The number of halogens is 1. The number of benzene rings is 1. The van der Waals surface area contributed by atoms with Crippen LogP contribution in [0.15, 0.2) is 42.7 Å². The number of fused-ring (bicyclic) bond motifs is 1. The molecule has 0 aliphatic carbocycles. The maximum Gasteiger partial charge on any atom is 0.341 e. The first-order valence-corrected chi connectivity index (χ1v) is 6.75. The van der Waals surface area contributed by atoms with Crippen LogP contribution in [0.4, 0.5) is 5.69 Å². The third-order valence-corrected chi connectivity index (χ3v) is 3.37.